The summed E-state index contributed by atoms with van der Waals surface area (Å²) in [4.78, 5) is 12.5. The molecule has 3 rings (SSSR count). The number of fused-ring (bicyclic) bond motifs is 2. The number of carbonyl (C=O) groups is 1. The molecule has 3 unspecified atom stereocenters. The predicted molar refractivity (Wildman–Crippen MR) is 72.0 cm³/mol. The number of thiocarbonyl (C=S) groups is 1. The molecule has 0 saturated heterocycles. The van der Waals surface area contributed by atoms with Gasteiger partial charge in [0.25, 0.3) is 0 Å². The maximum absolute atomic E-state index is 12.2. The number of rotatable bonds is 3. The summed E-state index contributed by atoms with van der Waals surface area (Å²) in [5, 5.41) is 9.47. The summed E-state index contributed by atoms with van der Waals surface area (Å²) in [6.45, 7) is 0. The van der Waals surface area contributed by atoms with E-state index in [4.69, 9.17) is 18.0 Å². The van der Waals surface area contributed by atoms with Gasteiger partial charge in [-0.2, -0.15) is 5.10 Å². The molecule has 2 bridgehead atoms. The molecule has 3 atom stereocenters. The first-order valence-corrected chi connectivity index (χ1v) is 6.70. The fourth-order valence-corrected chi connectivity index (χ4v) is 3.50. The van der Waals surface area contributed by atoms with Crippen molar-refractivity contribution in [3.05, 3.63) is 11.8 Å². The smallest absolute Gasteiger partial charge is 0.228 e. The zero-order valence-corrected chi connectivity index (χ0v) is 10.8. The molecule has 1 heterocycles. The lowest BCUT2D eigenvalue weighted by atomic mass is 9.88. The number of nitrogens with zero attached hydrogens (tertiary/aromatic N) is 1. The van der Waals surface area contributed by atoms with Crippen LogP contribution in [-0.2, 0) is 4.79 Å². The zero-order chi connectivity index (χ0) is 12.7. The number of anilines is 1. The molecule has 0 spiro atoms. The Hall–Kier alpha value is -1.43. The van der Waals surface area contributed by atoms with Crippen LogP contribution < -0.4 is 11.1 Å². The molecular formula is C12H16N4OS. The largest absolute Gasteiger partial charge is 0.389 e. The third-order valence-electron chi connectivity index (χ3n) is 4.23. The molecule has 2 aliphatic carbocycles. The van der Waals surface area contributed by atoms with Crippen molar-refractivity contribution in [2.45, 2.75) is 25.7 Å². The summed E-state index contributed by atoms with van der Waals surface area (Å²) in [5.41, 5.74) is 6.17. The molecule has 0 aromatic carbocycles. The number of aromatic nitrogens is 2. The Balaban J connectivity index is 1.71. The van der Waals surface area contributed by atoms with E-state index >= 15 is 0 Å². The molecule has 96 valence electrons. The Bertz CT molecular complexity index is 498. The highest BCUT2D eigenvalue weighted by molar-refractivity contribution is 7.80. The van der Waals surface area contributed by atoms with Gasteiger partial charge in [-0.3, -0.25) is 9.89 Å². The quantitative estimate of drug-likeness (QED) is 0.721. The minimum atomic E-state index is 0.0731. The average molecular weight is 264 g/mol. The number of hydrogen-bond donors (Lipinski definition) is 3. The van der Waals surface area contributed by atoms with Gasteiger partial charge < -0.3 is 11.1 Å². The molecule has 6 heteroatoms. The molecule has 5 nitrogen and oxygen atoms in total. The standard InChI is InChI=1S/C12H16N4OS/c13-10(18)9-5-14-16-11(9)15-12(17)8-4-6-1-2-7(8)3-6/h5-8H,1-4H2,(H2,13,18)(H2,14,15,16,17). The van der Waals surface area contributed by atoms with Crippen LogP contribution in [0.2, 0.25) is 0 Å². The van der Waals surface area contributed by atoms with Crippen molar-refractivity contribution in [2.24, 2.45) is 23.5 Å². The second kappa shape index (κ2) is 4.35. The number of amides is 1. The van der Waals surface area contributed by atoms with E-state index in [0.717, 1.165) is 12.3 Å². The Kier molecular flexibility index (Phi) is 2.81. The van der Waals surface area contributed by atoms with E-state index in [1.54, 1.807) is 6.20 Å². The monoisotopic (exact) mass is 264 g/mol. The molecule has 1 aromatic heterocycles. The van der Waals surface area contributed by atoms with Gasteiger partial charge in [0, 0.05) is 5.92 Å². The van der Waals surface area contributed by atoms with Crippen molar-refractivity contribution < 1.29 is 4.79 Å². The van der Waals surface area contributed by atoms with Gasteiger partial charge in [0.05, 0.1) is 11.8 Å². The minimum Gasteiger partial charge on any atom is -0.389 e. The fourth-order valence-electron chi connectivity index (χ4n) is 3.35. The van der Waals surface area contributed by atoms with E-state index in [9.17, 15) is 4.79 Å². The zero-order valence-electron chi connectivity index (χ0n) is 9.98. The molecule has 2 saturated carbocycles. The third-order valence-corrected chi connectivity index (χ3v) is 4.45. The van der Waals surface area contributed by atoms with Crippen LogP contribution >= 0.6 is 12.2 Å². The normalized spacial score (nSPS) is 29.4. The topological polar surface area (TPSA) is 83.8 Å². The van der Waals surface area contributed by atoms with E-state index in [2.05, 4.69) is 15.5 Å². The van der Waals surface area contributed by atoms with Crippen molar-refractivity contribution in [2.75, 3.05) is 5.32 Å². The number of hydrogen-bond acceptors (Lipinski definition) is 3. The van der Waals surface area contributed by atoms with Crippen molar-refractivity contribution in [1.29, 1.82) is 0 Å². The van der Waals surface area contributed by atoms with Crippen molar-refractivity contribution >= 4 is 28.9 Å². The summed E-state index contributed by atoms with van der Waals surface area (Å²) in [6.07, 6.45) is 6.25. The third kappa shape index (κ3) is 1.90. The second-order valence-corrected chi connectivity index (χ2v) is 5.73. The van der Waals surface area contributed by atoms with Gasteiger partial charge in [0.2, 0.25) is 5.91 Å². The van der Waals surface area contributed by atoms with Crippen LogP contribution in [0.1, 0.15) is 31.2 Å². The predicted octanol–water partition coefficient (Wildman–Crippen LogP) is 1.42. The van der Waals surface area contributed by atoms with E-state index in [1.165, 1.54) is 19.3 Å². The number of nitrogens with one attached hydrogen (secondary N) is 2. The first kappa shape index (κ1) is 11.6. The summed E-state index contributed by atoms with van der Waals surface area (Å²) in [5.74, 6) is 2.05. The lowest BCUT2D eigenvalue weighted by Crippen LogP contribution is -2.28. The van der Waals surface area contributed by atoms with Crippen LogP contribution in [0.25, 0.3) is 0 Å². The van der Waals surface area contributed by atoms with Crippen LogP contribution in [-0.4, -0.2) is 21.1 Å². The average Bonchev–Trinajstić information content (AvgIpc) is 3.03. The summed E-state index contributed by atoms with van der Waals surface area (Å²) in [7, 11) is 0. The van der Waals surface area contributed by atoms with Crippen LogP contribution in [0.3, 0.4) is 0 Å². The van der Waals surface area contributed by atoms with E-state index in [-0.39, 0.29) is 16.8 Å². The number of carbonyl (C=O) groups excluding carboxylic acids is 1. The Morgan fingerprint density at radius 3 is 2.94 bits per heavy atom. The second-order valence-electron chi connectivity index (χ2n) is 5.29. The number of nitrogens with two attached hydrogens (primary N) is 1. The highest BCUT2D eigenvalue weighted by Gasteiger charge is 2.43. The molecule has 2 aliphatic rings. The van der Waals surface area contributed by atoms with Crippen LogP contribution in [0.5, 0.6) is 0 Å². The van der Waals surface area contributed by atoms with Crippen molar-refractivity contribution in [3.8, 4) is 0 Å². The molecule has 1 amide bonds. The molecule has 0 aliphatic heterocycles. The van der Waals surface area contributed by atoms with Gasteiger partial charge in [-0.15, -0.1) is 0 Å². The van der Waals surface area contributed by atoms with Gasteiger partial charge in [0.1, 0.15) is 10.8 Å². The number of H-pyrrole nitrogens is 1. The van der Waals surface area contributed by atoms with Gasteiger partial charge in [0.15, 0.2) is 0 Å². The van der Waals surface area contributed by atoms with E-state index in [0.29, 0.717) is 17.3 Å². The lowest BCUT2D eigenvalue weighted by Gasteiger charge is -2.20. The van der Waals surface area contributed by atoms with Crippen LogP contribution in [0.4, 0.5) is 5.82 Å². The van der Waals surface area contributed by atoms with Gasteiger partial charge >= 0.3 is 0 Å². The maximum Gasteiger partial charge on any atom is 0.228 e. The van der Waals surface area contributed by atoms with Crippen molar-refractivity contribution in [1.82, 2.24) is 10.2 Å². The minimum absolute atomic E-state index is 0.0731. The first-order chi connectivity index (χ1) is 8.65. The Morgan fingerprint density at radius 1 is 1.50 bits per heavy atom. The molecule has 0 radical (unpaired) electrons. The Labute approximate surface area is 111 Å². The van der Waals surface area contributed by atoms with Crippen LogP contribution in [0.15, 0.2) is 6.20 Å². The molecule has 1 aromatic rings. The van der Waals surface area contributed by atoms with Crippen LogP contribution in [0, 0.1) is 17.8 Å². The van der Waals surface area contributed by atoms with Gasteiger partial charge in [-0.25, -0.2) is 0 Å². The first-order valence-electron chi connectivity index (χ1n) is 6.29. The van der Waals surface area contributed by atoms with Gasteiger partial charge in [-0.05, 0) is 31.1 Å². The van der Waals surface area contributed by atoms with Crippen molar-refractivity contribution in [3.63, 3.8) is 0 Å². The summed E-state index contributed by atoms with van der Waals surface area (Å²) in [6, 6.07) is 0. The lowest BCUT2D eigenvalue weighted by molar-refractivity contribution is -0.121. The molecule has 18 heavy (non-hydrogen) atoms. The van der Waals surface area contributed by atoms with Gasteiger partial charge in [-0.1, -0.05) is 18.6 Å². The Morgan fingerprint density at radius 2 is 2.33 bits per heavy atom. The highest BCUT2D eigenvalue weighted by atomic mass is 32.1. The summed E-state index contributed by atoms with van der Waals surface area (Å²) >= 11 is 4.91. The summed E-state index contributed by atoms with van der Waals surface area (Å²) < 4.78 is 0. The molecular weight excluding hydrogens is 248 g/mol. The fraction of sp³-hybridized carbons (Fsp3) is 0.583. The highest BCUT2D eigenvalue weighted by Crippen LogP contribution is 2.48. The van der Waals surface area contributed by atoms with E-state index < -0.39 is 0 Å². The SMILES string of the molecule is NC(=S)c1cn[nH]c1NC(=O)C1CC2CCC1C2. The van der Waals surface area contributed by atoms with E-state index in [1.807, 2.05) is 0 Å². The number of aromatic amines is 1. The molecule has 2 fully saturated rings. The maximum atomic E-state index is 12.2. The molecule has 4 N–H and O–H groups in total.